The molecule has 0 saturated carbocycles. The Kier molecular flexibility index (Phi) is 6.32. The summed E-state index contributed by atoms with van der Waals surface area (Å²) in [6.45, 7) is 1.33. The summed E-state index contributed by atoms with van der Waals surface area (Å²) in [4.78, 5) is 24.0. The first-order chi connectivity index (χ1) is 15.0. The number of piperidine rings is 1. The fraction of sp³-hybridized carbons (Fsp3) is 0.261. The van der Waals surface area contributed by atoms with Crippen LogP contribution in [0.15, 0.2) is 54.7 Å². The summed E-state index contributed by atoms with van der Waals surface area (Å²) in [5, 5.41) is 3.47. The average molecular weight is 441 g/mol. The summed E-state index contributed by atoms with van der Waals surface area (Å²) >= 11 is 6.07. The van der Waals surface area contributed by atoms with Crippen LogP contribution in [-0.4, -0.2) is 36.1 Å². The van der Waals surface area contributed by atoms with Crippen molar-refractivity contribution in [2.45, 2.75) is 12.8 Å². The van der Waals surface area contributed by atoms with E-state index in [1.165, 1.54) is 12.1 Å². The van der Waals surface area contributed by atoms with Crippen LogP contribution in [0.25, 0.3) is 11.4 Å². The van der Waals surface area contributed by atoms with Crippen molar-refractivity contribution in [1.29, 1.82) is 0 Å². The molecule has 3 aromatic rings. The zero-order valence-corrected chi connectivity index (χ0v) is 17.8. The van der Waals surface area contributed by atoms with E-state index in [9.17, 15) is 9.18 Å². The highest BCUT2D eigenvalue weighted by atomic mass is 35.5. The minimum atomic E-state index is -0.305. The second-order valence-electron chi connectivity index (χ2n) is 7.36. The Balaban J connectivity index is 1.49. The summed E-state index contributed by atoms with van der Waals surface area (Å²) in [5.41, 5.74) is 1.29. The Labute approximate surface area is 185 Å². The highest BCUT2D eigenvalue weighted by Gasteiger charge is 2.27. The SMILES string of the molecule is COc1ccc(Cl)cc1NC(=O)C1CCCN(c2ccnc(-c3ccc(F)cc3)n2)C1. The van der Waals surface area contributed by atoms with E-state index in [-0.39, 0.29) is 17.6 Å². The van der Waals surface area contributed by atoms with Crippen molar-refractivity contribution in [2.75, 3.05) is 30.4 Å². The number of carbonyl (C=O) groups excluding carboxylic acids is 1. The van der Waals surface area contributed by atoms with Crippen molar-refractivity contribution in [1.82, 2.24) is 9.97 Å². The van der Waals surface area contributed by atoms with E-state index in [0.29, 0.717) is 28.8 Å². The van der Waals surface area contributed by atoms with E-state index in [2.05, 4.69) is 20.2 Å². The Morgan fingerprint density at radius 2 is 2.03 bits per heavy atom. The Morgan fingerprint density at radius 1 is 1.23 bits per heavy atom. The van der Waals surface area contributed by atoms with Crippen molar-refractivity contribution in [3.8, 4) is 17.1 Å². The van der Waals surface area contributed by atoms with Crippen LogP contribution in [0.4, 0.5) is 15.9 Å². The summed E-state index contributed by atoms with van der Waals surface area (Å²) in [6, 6.07) is 13.0. The van der Waals surface area contributed by atoms with E-state index < -0.39 is 0 Å². The molecule has 2 heterocycles. The van der Waals surface area contributed by atoms with Gasteiger partial charge in [0, 0.05) is 29.9 Å². The molecular weight excluding hydrogens is 419 g/mol. The third-order valence-electron chi connectivity index (χ3n) is 5.28. The van der Waals surface area contributed by atoms with E-state index in [1.54, 1.807) is 43.6 Å². The molecule has 1 unspecified atom stereocenters. The van der Waals surface area contributed by atoms with Crippen molar-refractivity contribution in [3.63, 3.8) is 0 Å². The Morgan fingerprint density at radius 3 is 2.81 bits per heavy atom. The normalized spacial score (nSPS) is 16.1. The number of hydrogen-bond donors (Lipinski definition) is 1. The Bertz CT molecular complexity index is 1080. The van der Waals surface area contributed by atoms with Gasteiger partial charge in [0.25, 0.3) is 0 Å². The number of halogens is 2. The maximum atomic E-state index is 13.2. The summed E-state index contributed by atoms with van der Waals surface area (Å²) in [5.74, 6) is 1.23. The van der Waals surface area contributed by atoms with E-state index in [4.69, 9.17) is 16.3 Å². The lowest BCUT2D eigenvalue weighted by molar-refractivity contribution is -0.120. The quantitative estimate of drug-likeness (QED) is 0.617. The summed E-state index contributed by atoms with van der Waals surface area (Å²) in [7, 11) is 1.55. The molecular formula is C23H22ClFN4O2. The molecule has 1 atom stereocenters. The van der Waals surface area contributed by atoms with E-state index in [1.807, 2.05) is 6.07 Å². The topological polar surface area (TPSA) is 67.3 Å². The van der Waals surface area contributed by atoms with Gasteiger partial charge < -0.3 is 15.0 Å². The van der Waals surface area contributed by atoms with Gasteiger partial charge in [-0.2, -0.15) is 0 Å². The molecule has 1 amide bonds. The molecule has 1 aromatic heterocycles. The minimum Gasteiger partial charge on any atom is -0.495 e. The van der Waals surface area contributed by atoms with Crippen LogP contribution in [0, 0.1) is 11.7 Å². The summed E-state index contributed by atoms with van der Waals surface area (Å²) in [6.07, 6.45) is 3.32. The standard InChI is InChI=1S/C23H22ClFN4O2/c1-31-20-9-6-17(24)13-19(20)27-23(30)16-3-2-12-29(14-16)21-10-11-26-22(28-21)15-4-7-18(25)8-5-15/h4-11,13,16H,2-3,12,14H2,1H3,(H,27,30). The summed E-state index contributed by atoms with van der Waals surface area (Å²) < 4.78 is 18.5. The fourth-order valence-electron chi connectivity index (χ4n) is 3.68. The van der Waals surface area contributed by atoms with Crippen LogP contribution < -0.4 is 15.0 Å². The molecule has 2 aromatic carbocycles. The predicted octanol–water partition coefficient (Wildman–Crippen LogP) is 4.80. The van der Waals surface area contributed by atoms with Crippen LogP contribution in [0.3, 0.4) is 0 Å². The maximum absolute atomic E-state index is 13.2. The number of methoxy groups -OCH3 is 1. The molecule has 0 spiro atoms. The Hall–Kier alpha value is -3.19. The first-order valence-electron chi connectivity index (χ1n) is 10.0. The van der Waals surface area contributed by atoms with Gasteiger partial charge >= 0.3 is 0 Å². The molecule has 1 aliphatic heterocycles. The molecule has 0 aliphatic carbocycles. The molecule has 1 saturated heterocycles. The number of benzene rings is 2. The molecule has 4 rings (SSSR count). The van der Waals surface area contributed by atoms with Gasteiger partial charge in [-0.15, -0.1) is 0 Å². The van der Waals surface area contributed by atoms with Gasteiger partial charge in [0.2, 0.25) is 5.91 Å². The predicted molar refractivity (Wildman–Crippen MR) is 119 cm³/mol. The van der Waals surface area contributed by atoms with Crippen molar-refractivity contribution in [2.24, 2.45) is 5.92 Å². The number of nitrogens with zero attached hydrogens (tertiary/aromatic N) is 3. The molecule has 1 fully saturated rings. The number of anilines is 2. The van der Waals surface area contributed by atoms with Gasteiger partial charge in [0.05, 0.1) is 18.7 Å². The number of ether oxygens (including phenoxy) is 1. The van der Waals surface area contributed by atoms with Gasteiger partial charge in [0.1, 0.15) is 17.4 Å². The maximum Gasteiger partial charge on any atom is 0.229 e. The van der Waals surface area contributed by atoms with Gasteiger partial charge in [-0.1, -0.05) is 11.6 Å². The molecule has 160 valence electrons. The third kappa shape index (κ3) is 4.94. The highest BCUT2D eigenvalue weighted by molar-refractivity contribution is 6.31. The van der Waals surface area contributed by atoms with Crippen LogP contribution in [0.5, 0.6) is 5.75 Å². The van der Waals surface area contributed by atoms with Crippen molar-refractivity contribution < 1.29 is 13.9 Å². The number of carbonyl (C=O) groups is 1. The molecule has 1 aliphatic rings. The average Bonchev–Trinajstić information content (AvgIpc) is 2.80. The number of amides is 1. The van der Waals surface area contributed by atoms with Crippen LogP contribution in [0.2, 0.25) is 5.02 Å². The first-order valence-corrected chi connectivity index (χ1v) is 10.4. The molecule has 6 nitrogen and oxygen atoms in total. The van der Waals surface area contributed by atoms with Crippen molar-refractivity contribution >= 4 is 29.0 Å². The number of aromatic nitrogens is 2. The first kappa shape index (κ1) is 21.1. The number of hydrogen-bond acceptors (Lipinski definition) is 5. The fourth-order valence-corrected chi connectivity index (χ4v) is 3.85. The van der Waals surface area contributed by atoms with Crippen LogP contribution >= 0.6 is 11.6 Å². The molecule has 1 N–H and O–H groups in total. The lowest BCUT2D eigenvalue weighted by Crippen LogP contribution is -2.41. The lowest BCUT2D eigenvalue weighted by atomic mass is 9.97. The van der Waals surface area contributed by atoms with Gasteiger partial charge in [-0.05, 0) is 61.4 Å². The van der Waals surface area contributed by atoms with Gasteiger partial charge in [0.15, 0.2) is 5.82 Å². The van der Waals surface area contributed by atoms with Crippen molar-refractivity contribution in [3.05, 3.63) is 65.6 Å². The van der Waals surface area contributed by atoms with Gasteiger partial charge in [-0.25, -0.2) is 14.4 Å². The molecule has 8 heteroatoms. The van der Waals surface area contributed by atoms with E-state index >= 15 is 0 Å². The number of nitrogens with one attached hydrogen (secondary N) is 1. The lowest BCUT2D eigenvalue weighted by Gasteiger charge is -2.33. The van der Waals surface area contributed by atoms with Crippen LogP contribution in [-0.2, 0) is 4.79 Å². The third-order valence-corrected chi connectivity index (χ3v) is 5.51. The molecule has 31 heavy (non-hydrogen) atoms. The molecule has 0 bridgehead atoms. The zero-order chi connectivity index (χ0) is 21.8. The minimum absolute atomic E-state index is 0.0851. The zero-order valence-electron chi connectivity index (χ0n) is 17.0. The largest absolute Gasteiger partial charge is 0.495 e. The monoisotopic (exact) mass is 440 g/mol. The molecule has 0 radical (unpaired) electrons. The van der Waals surface area contributed by atoms with E-state index in [0.717, 1.165) is 30.8 Å². The van der Waals surface area contributed by atoms with Crippen LogP contribution in [0.1, 0.15) is 12.8 Å². The number of rotatable bonds is 5. The smallest absolute Gasteiger partial charge is 0.229 e. The second-order valence-corrected chi connectivity index (χ2v) is 7.80. The second kappa shape index (κ2) is 9.31. The van der Waals surface area contributed by atoms with Gasteiger partial charge in [-0.3, -0.25) is 4.79 Å². The highest BCUT2D eigenvalue weighted by Crippen LogP contribution is 2.30.